The van der Waals surface area contributed by atoms with Crippen molar-refractivity contribution in [3.8, 4) is 11.1 Å². The number of fused-ring (bicyclic) bond motifs is 10. The SMILES string of the molecule is C1=CC2=C(C1)N1c3ccccc3-c3ccccc3C1c1ccccc12. The molecule has 0 saturated heterocycles. The second-order valence-electron chi connectivity index (χ2n) is 6.93. The molecule has 1 nitrogen and oxygen atoms in total. The second-order valence-corrected chi connectivity index (χ2v) is 6.93. The van der Waals surface area contributed by atoms with E-state index in [-0.39, 0.29) is 6.04 Å². The van der Waals surface area contributed by atoms with Crippen LogP contribution in [0.4, 0.5) is 5.69 Å². The normalized spacial score (nSPS) is 19.0. The van der Waals surface area contributed by atoms with Gasteiger partial charge in [-0.05, 0) is 28.3 Å². The van der Waals surface area contributed by atoms with Crippen molar-refractivity contribution in [2.75, 3.05) is 4.90 Å². The summed E-state index contributed by atoms with van der Waals surface area (Å²) in [6.45, 7) is 0. The molecule has 0 bridgehead atoms. The molecule has 0 N–H and O–H groups in total. The second kappa shape index (κ2) is 4.73. The monoisotopic (exact) mass is 319 g/mol. The Morgan fingerprint density at radius 2 is 1.32 bits per heavy atom. The number of allylic oxidation sites excluding steroid dienone is 3. The number of hydrogen-bond acceptors (Lipinski definition) is 1. The van der Waals surface area contributed by atoms with Crippen molar-refractivity contribution in [1.82, 2.24) is 0 Å². The van der Waals surface area contributed by atoms with Gasteiger partial charge in [-0.1, -0.05) is 78.9 Å². The number of anilines is 1. The quantitative estimate of drug-likeness (QED) is 0.495. The minimum atomic E-state index is 0.265. The van der Waals surface area contributed by atoms with E-state index in [0.29, 0.717) is 0 Å². The molecule has 0 spiro atoms. The molecule has 2 aliphatic heterocycles. The largest absolute Gasteiger partial charge is 0.332 e. The molecule has 3 aromatic carbocycles. The standard InChI is InChI=1S/C24H17N/c1-3-11-20-16(8-1)18-10-5-6-14-22(18)25-23-15-7-13-19(23)17-9-2-4-12-21(17)24(20)25/h1-14,24H,15H2. The molecule has 1 aliphatic carbocycles. The van der Waals surface area contributed by atoms with Gasteiger partial charge in [-0.15, -0.1) is 0 Å². The molecule has 1 unspecified atom stereocenters. The topological polar surface area (TPSA) is 3.24 Å². The Hall–Kier alpha value is -3.06. The number of nitrogens with zero attached hydrogens (tertiary/aromatic N) is 1. The van der Waals surface area contributed by atoms with Crippen LogP contribution in [0.2, 0.25) is 0 Å². The van der Waals surface area contributed by atoms with E-state index < -0.39 is 0 Å². The first-order valence-corrected chi connectivity index (χ1v) is 8.90. The maximum Gasteiger partial charge on any atom is 0.0854 e. The van der Waals surface area contributed by atoms with E-state index >= 15 is 0 Å². The summed E-state index contributed by atoms with van der Waals surface area (Å²) in [6.07, 6.45) is 5.61. The Morgan fingerprint density at radius 1 is 0.680 bits per heavy atom. The fraction of sp³-hybridized carbons (Fsp3) is 0.0833. The lowest BCUT2D eigenvalue weighted by Crippen LogP contribution is -2.35. The van der Waals surface area contributed by atoms with E-state index in [1.54, 1.807) is 0 Å². The van der Waals surface area contributed by atoms with E-state index in [2.05, 4.69) is 89.8 Å². The van der Waals surface area contributed by atoms with Crippen LogP contribution in [0.3, 0.4) is 0 Å². The van der Waals surface area contributed by atoms with E-state index in [0.717, 1.165) is 6.42 Å². The van der Waals surface area contributed by atoms with Gasteiger partial charge >= 0.3 is 0 Å². The molecule has 0 aromatic heterocycles. The average molecular weight is 319 g/mol. The Morgan fingerprint density at radius 3 is 2.16 bits per heavy atom. The van der Waals surface area contributed by atoms with Crippen LogP contribution in [0.5, 0.6) is 0 Å². The summed E-state index contributed by atoms with van der Waals surface area (Å²) in [4.78, 5) is 2.58. The molecule has 3 aromatic rings. The smallest absolute Gasteiger partial charge is 0.0854 e. The molecule has 2 heterocycles. The third-order valence-corrected chi connectivity index (χ3v) is 5.71. The van der Waals surface area contributed by atoms with Gasteiger partial charge in [0, 0.05) is 28.9 Å². The van der Waals surface area contributed by atoms with Gasteiger partial charge in [0.2, 0.25) is 0 Å². The zero-order valence-electron chi connectivity index (χ0n) is 13.8. The minimum absolute atomic E-state index is 0.265. The van der Waals surface area contributed by atoms with Gasteiger partial charge in [0.1, 0.15) is 0 Å². The lowest BCUT2D eigenvalue weighted by Gasteiger charge is -2.45. The highest BCUT2D eigenvalue weighted by Crippen LogP contribution is 2.54. The van der Waals surface area contributed by atoms with Crippen molar-refractivity contribution in [3.63, 3.8) is 0 Å². The van der Waals surface area contributed by atoms with Crippen molar-refractivity contribution in [2.24, 2.45) is 0 Å². The molecule has 3 aliphatic rings. The van der Waals surface area contributed by atoms with Crippen molar-refractivity contribution in [3.05, 3.63) is 107 Å². The number of hydrogen-bond donors (Lipinski definition) is 0. The van der Waals surface area contributed by atoms with Crippen molar-refractivity contribution in [2.45, 2.75) is 12.5 Å². The van der Waals surface area contributed by atoms with E-state index in [9.17, 15) is 0 Å². The van der Waals surface area contributed by atoms with Gasteiger partial charge in [-0.25, -0.2) is 0 Å². The van der Waals surface area contributed by atoms with Crippen LogP contribution >= 0.6 is 0 Å². The molecular formula is C24H17N. The van der Waals surface area contributed by atoms with Crippen LogP contribution in [0.1, 0.15) is 29.2 Å². The number of para-hydroxylation sites is 1. The van der Waals surface area contributed by atoms with Crippen LogP contribution in [-0.2, 0) is 0 Å². The Balaban J connectivity index is 1.75. The molecule has 0 amide bonds. The highest BCUT2D eigenvalue weighted by atomic mass is 15.2. The van der Waals surface area contributed by atoms with Gasteiger partial charge in [0.15, 0.2) is 0 Å². The summed E-state index contributed by atoms with van der Waals surface area (Å²) < 4.78 is 0. The highest BCUT2D eigenvalue weighted by Gasteiger charge is 2.39. The summed E-state index contributed by atoms with van der Waals surface area (Å²) >= 11 is 0. The molecule has 1 atom stereocenters. The van der Waals surface area contributed by atoms with Crippen molar-refractivity contribution in [1.29, 1.82) is 0 Å². The predicted molar refractivity (Wildman–Crippen MR) is 103 cm³/mol. The fourth-order valence-electron chi connectivity index (χ4n) is 4.73. The zero-order valence-corrected chi connectivity index (χ0v) is 13.8. The fourth-order valence-corrected chi connectivity index (χ4v) is 4.73. The van der Waals surface area contributed by atoms with E-state index in [1.807, 2.05) is 0 Å². The molecule has 0 radical (unpaired) electrons. The van der Waals surface area contributed by atoms with Gasteiger partial charge in [0.05, 0.1) is 6.04 Å². The molecular weight excluding hydrogens is 302 g/mol. The predicted octanol–water partition coefficient (Wildman–Crippen LogP) is 5.95. The van der Waals surface area contributed by atoms with Crippen molar-refractivity contribution >= 4 is 11.3 Å². The summed E-state index contributed by atoms with van der Waals surface area (Å²) in [5.74, 6) is 0. The molecule has 118 valence electrons. The van der Waals surface area contributed by atoms with Gasteiger partial charge in [0.25, 0.3) is 0 Å². The minimum Gasteiger partial charge on any atom is -0.332 e. The van der Waals surface area contributed by atoms with Crippen LogP contribution in [0.25, 0.3) is 16.7 Å². The Bertz CT molecular complexity index is 1090. The van der Waals surface area contributed by atoms with E-state index in [1.165, 1.54) is 44.8 Å². The maximum absolute atomic E-state index is 2.58. The van der Waals surface area contributed by atoms with Gasteiger partial charge < -0.3 is 4.90 Å². The highest BCUT2D eigenvalue weighted by molar-refractivity contribution is 5.94. The first kappa shape index (κ1) is 13.3. The molecule has 25 heavy (non-hydrogen) atoms. The van der Waals surface area contributed by atoms with Gasteiger partial charge in [-0.2, -0.15) is 0 Å². The Labute approximate surface area is 147 Å². The number of benzene rings is 3. The van der Waals surface area contributed by atoms with Crippen LogP contribution in [0, 0.1) is 0 Å². The first-order valence-electron chi connectivity index (χ1n) is 8.90. The third-order valence-electron chi connectivity index (χ3n) is 5.71. The van der Waals surface area contributed by atoms with Gasteiger partial charge in [-0.3, -0.25) is 0 Å². The summed E-state index contributed by atoms with van der Waals surface area (Å²) in [7, 11) is 0. The zero-order chi connectivity index (χ0) is 16.4. The molecule has 1 heteroatoms. The molecule has 0 saturated carbocycles. The van der Waals surface area contributed by atoms with Crippen LogP contribution in [-0.4, -0.2) is 0 Å². The lowest BCUT2D eigenvalue weighted by atomic mass is 9.79. The molecule has 6 rings (SSSR count). The number of rotatable bonds is 0. The third kappa shape index (κ3) is 1.63. The van der Waals surface area contributed by atoms with Crippen LogP contribution in [0.15, 0.2) is 90.6 Å². The van der Waals surface area contributed by atoms with E-state index in [4.69, 9.17) is 0 Å². The summed E-state index contributed by atoms with van der Waals surface area (Å²) in [5.41, 5.74) is 11.1. The molecule has 0 fully saturated rings. The Kier molecular flexibility index (Phi) is 2.51. The van der Waals surface area contributed by atoms with Crippen molar-refractivity contribution < 1.29 is 0 Å². The summed E-state index contributed by atoms with van der Waals surface area (Å²) in [6, 6.07) is 26.9. The lowest BCUT2D eigenvalue weighted by molar-refractivity contribution is 0.751. The van der Waals surface area contributed by atoms with Crippen LogP contribution < -0.4 is 4.90 Å². The average Bonchev–Trinajstić information content (AvgIpc) is 3.17. The first-order chi connectivity index (χ1) is 12.4. The maximum atomic E-state index is 2.58. The summed E-state index contributed by atoms with van der Waals surface area (Å²) in [5, 5.41) is 0.